The summed E-state index contributed by atoms with van der Waals surface area (Å²) in [5, 5.41) is 30.4. The maximum Gasteiger partial charge on any atom is 0.112 e. The molecule has 3 aliphatic carbocycles. The van der Waals surface area contributed by atoms with Crippen molar-refractivity contribution in [1.29, 1.82) is 0 Å². The summed E-state index contributed by atoms with van der Waals surface area (Å²) < 4.78 is 0. The molecule has 3 N–H and O–H groups in total. The van der Waals surface area contributed by atoms with Crippen LogP contribution in [0.3, 0.4) is 0 Å². The molecule has 0 spiro atoms. The first-order valence-electron chi connectivity index (χ1n) is 6.46. The quantitative estimate of drug-likeness (QED) is 0.665. The molecule has 0 radical (unpaired) electrons. The molecule has 19 heavy (non-hydrogen) atoms. The second-order valence-corrected chi connectivity index (χ2v) is 5.41. The lowest BCUT2D eigenvalue weighted by Crippen LogP contribution is -2.39. The van der Waals surface area contributed by atoms with Gasteiger partial charge >= 0.3 is 0 Å². The van der Waals surface area contributed by atoms with E-state index in [-0.39, 0.29) is 17.6 Å². The average Bonchev–Trinajstić information content (AvgIpc) is 2.42. The molecule has 0 aliphatic heterocycles. The number of hydrogen-bond donors (Lipinski definition) is 3. The van der Waals surface area contributed by atoms with Gasteiger partial charge in [0.2, 0.25) is 0 Å². The Bertz CT molecular complexity index is 654. The van der Waals surface area contributed by atoms with Crippen LogP contribution in [-0.2, 0) is 0 Å². The average molecular weight is 254 g/mol. The molecule has 0 aromatic heterocycles. The van der Waals surface area contributed by atoms with E-state index in [1.807, 2.05) is 30.4 Å². The van der Waals surface area contributed by atoms with Crippen LogP contribution in [0.2, 0.25) is 0 Å². The van der Waals surface area contributed by atoms with Gasteiger partial charge < -0.3 is 15.3 Å². The van der Waals surface area contributed by atoms with Gasteiger partial charge in [-0.25, -0.2) is 0 Å². The molecule has 3 heteroatoms. The Labute approximate surface area is 110 Å². The van der Waals surface area contributed by atoms with Gasteiger partial charge in [0.25, 0.3) is 0 Å². The standard InChI is InChI=1S/C16H14O3/c17-10-6-9-5-4-8-2-1-3-11-13(8)14(9)12(7-10)16(19)15(11)18/h1-7,12,14-19H. The third-order valence-corrected chi connectivity index (χ3v) is 4.40. The van der Waals surface area contributed by atoms with Crippen LogP contribution < -0.4 is 0 Å². The van der Waals surface area contributed by atoms with Gasteiger partial charge in [-0.1, -0.05) is 30.4 Å². The largest absolute Gasteiger partial charge is 0.508 e. The lowest BCUT2D eigenvalue weighted by Gasteiger charge is -2.43. The lowest BCUT2D eigenvalue weighted by molar-refractivity contribution is -0.0212. The fraction of sp³-hybridized carbons (Fsp3) is 0.250. The van der Waals surface area contributed by atoms with Gasteiger partial charge in [0.1, 0.15) is 11.9 Å². The minimum absolute atomic E-state index is 0.0329. The van der Waals surface area contributed by atoms with Crippen molar-refractivity contribution < 1.29 is 15.3 Å². The van der Waals surface area contributed by atoms with Crippen LogP contribution in [0.5, 0.6) is 0 Å². The molecule has 0 saturated carbocycles. The van der Waals surface area contributed by atoms with E-state index < -0.39 is 12.2 Å². The summed E-state index contributed by atoms with van der Waals surface area (Å²) in [6.07, 6.45) is 5.60. The van der Waals surface area contributed by atoms with Gasteiger partial charge in [-0.05, 0) is 34.4 Å². The maximum atomic E-state index is 10.3. The Kier molecular flexibility index (Phi) is 2.08. The normalized spacial score (nSPS) is 34.4. The zero-order valence-corrected chi connectivity index (χ0v) is 10.2. The Morgan fingerprint density at radius 1 is 1.05 bits per heavy atom. The molecule has 4 atom stereocenters. The number of aliphatic hydroxyl groups is 3. The van der Waals surface area contributed by atoms with Crippen LogP contribution in [0.1, 0.15) is 28.7 Å². The Hall–Kier alpha value is -1.84. The van der Waals surface area contributed by atoms with Crippen LogP contribution in [0.15, 0.2) is 47.8 Å². The second kappa shape index (κ2) is 3.59. The summed E-state index contributed by atoms with van der Waals surface area (Å²) in [7, 11) is 0. The third kappa shape index (κ3) is 1.34. The predicted octanol–water partition coefficient (Wildman–Crippen LogP) is 2.20. The van der Waals surface area contributed by atoms with Crippen molar-refractivity contribution in [3.63, 3.8) is 0 Å². The van der Waals surface area contributed by atoms with Crippen LogP contribution in [0.4, 0.5) is 0 Å². The van der Waals surface area contributed by atoms with E-state index in [1.54, 1.807) is 12.2 Å². The van der Waals surface area contributed by atoms with Crippen molar-refractivity contribution in [3.8, 4) is 0 Å². The van der Waals surface area contributed by atoms with E-state index >= 15 is 0 Å². The molecule has 1 aromatic carbocycles. The minimum atomic E-state index is -0.897. The summed E-state index contributed by atoms with van der Waals surface area (Å²) in [4.78, 5) is 0. The smallest absolute Gasteiger partial charge is 0.112 e. The van der Waals surface area contributed by atoms with E-state index in [2.05, 4.69) is 0 Å². The molecule has 3 aliphatic rings. The third-order valence-electron chi connectivity index (χ3n) is 4.40. The van der Waals surface area contributed by atoms with E-state index in [0.29, 0.717) is 0 Å². The van der Waals surface area contributed by atoms with Crippen LogP contribution in [0.25, 0.3) is 6.08 Å². The molecule has 0 bridgehead atoms. The van der Waals surface area contributed by atoms with Crippen molar-refractivity contribution in [2.24, 2.45) is 5.92 Å². The summed E-state index contributed by atoms with van der Waals surface area (Å²) in [6, 6.07) is 5.79. The van der Waals surface area contributed by atoms with Gasteiger partial charge in [-0.2, -0.15) is 0 Å². The number of aliphatic hydroxyl groups excluding tert-OH is 3. The van der Waals surface area contributed by atoms with Crippen molar-refractivity contribution in [3.05, 3.63) is 64.4 Å². The van der Waals surface area contributed by atoms with E-state index in [4.69, 9.17) is 0 Å². The maximum absolute atomic E-state index is 10.3. The van der Waals surface area contributed by atoms with Crippen molar-refractivity contribution in [1.82, 2.24) is 0 Å². The SMILES string of the molecule is OC1=CC2C3C(=C1)C=Cc1cccc(c13)C(O)C2O. The van der Waals surface area contributed by atoms with Gasteiger partial charge in [0.15, 0.2) is 0 Å². The van der Waals surface area contributed by atoms with E-state index in [1.165, 1.54) is 0 Å². The lowest BCUT2D eigenvalue weighted by atomic mass is 9.64. The molecule has 4 unspecified atom stereocenters. The van der Waals surface area contributed by atoms with Crippen molar-refractivity contribution in [2.45, 2.75) is 18.1 Å². The molecule has 0 amide bonds. The fourth-order valence-electron chi connectivity index (χ4n) is 3.58. The molecular weight excluding hydrogens is 240 g/mol. The van der Waals surface area contributed by atoms with Gasteiger partial charge in [0, 0.05) is 11.8 Å². The molecule has 96 valence electrons. The van der Waals surface area contributed by atoms with Crippen LogP contribution >= 0.6 is 0 Å². The van der Waals surface area contributed by atoms with Gasteiger partial charge in [0.05, 0.1) is 6.10 Å². The van der Waals surface area contributed by atoms with Gasteiger partial charge in [-0.15, -0.1) is 0 Å². The fourth-order valence-corrected chi connectivity index (χ4v) is 3.58. The first kappa shape index (κ1) is 11.0. The molecule has 0 saturated heterocycles. The summed E-state index contributed by atoms with van der Waals surface area (Å²) in [5.74, 6) is -0.0749. The minimum Gasteiger partial charge on any atom is -0.508 e. The Balaban J connectivity index is 2.04. The highest BCUT2D eigenvalue weighted by Gasteiger charge is 2.44. The highest BCUT2D eigenvalue weighted by molar-refractivity contribution is 5.69. The summed E-state index contributed by atoms with van der Waals surface area (Å²) in [5.41, 5.74) is 3.97. The van der Waals surface area contributed by atoms with E-state index in [0.717, 1.165) is 22.3 Å². The zero-order valence-electron chi connectivity index (χ0n) is 10.2. The van der Waals surface area contributed by atoms with Gasteiger partial charge in [-0.3, -0.25) is 0 Å². The Morgan fingerprint density at radius 2 is 1.89 bits per heavy atom. The van der Waals surface area contributed by atoms with Crippen molar-refractivity contribution in [2.75, 3.05) is 0 Å². The predicted molar refractivity (Wildman–Crippen MR) is 71.5 cm³/mol. The first-order chi connectivity index (χ1) is 9.16. The highest BCUT2D eigenvalue weighted by atomic mass is 16.3. The van der Waals surface area contributed by atoms with Crippen LogP contribution in [0, 0.1) is 5.92 Å². The number of benzene rings is 1. The van der Waals surface area contributed by atoms with Crippen molar-refractivity contribution >= 4 is 6.08 Å². The number of hydrogen-bond acceptors (Lipinski definition) is 3. The second-order valence-electron chi connectivity index (χ2n) is 5.41. The monoisotopic (exact) mass is 254 g/mol. The van der Waals surface area contributed by atoms with Crippen LogP contribution in [-0.4, -0.2) is 21.4 Å². The molecule has 0 fully saturated rings. The molecule has 4 rings (SSSR count). The summed E-state index contributed by atoms with van der Waals surface area (Å²) >= 11 is 0. The molecular formula is C16H14O3. The zero-order chi connectivity index (χ0) is 13.1. The first-order valence-corrected chi connectivity index (χ1v) is 6.46. The molecule has 0 heterocycles. The highest BCUT2D eigenvalue weighted by Crippen LogP contribution is 2.51. The number of rotatable bonds is 0. The molecule has 3 nitrogen and oxygen atoms in total. The van der Waals surface area contributed by atoms with E-state index in [9.17, 15) is 15.3 Å². The Morgan fingerprint density at radius 3 is 2.74 bits per heavy atom. The number of allylic oxidation sites excluding steroid dienone is 3. The summed E-state index contributed by atoms with van der Waals surface area (Å²) in [6.45, 7) is 0. The topological polar surface area (TPSA) is 60.7 Å². The molecule has 1 aromatic rings.